The molecule has 3 heteroatoms. The molecule has 0 aliphatic heterocycles. The molecule has 0 bridgehead atoms. The van der Waals surface area contributed by atoms with Crippen LogP contribution in [0.4, 0.5) is 4.39 Å². The molecule has 1 aromatic heterocycles. The first-order valence-electron chi connectivity index (χ1n) is 4.38. The van der Waals surface area contributed by atoms with Gasteiger partial charge in [-0.15, -0.1) is 0 Å². The fourth-order valence-electron chi connectivity index (χ4n) is 1.40. The van der Waals surface area contributed by atoms with Crippen LogP contribution >= 0.6 is 0 Å². The molecule has 1 aromatic carbocycles. The number of nitrogens with zero attached hydrogens (tertiary/aromatic N) is 2. The summed E-state index contributed by atoms with van der Waals surface area (Å²) in [7, 11) is 0. The summed E-state index contributed by atoms with van der Waals surface area (Å²) in [5.41, 5.74) is 2.62. The third-order valence-electron chi connectivity index (χ3n) is 2.00. The molecule has 0 unspecified atom stereocenters. The van der Waals surface area contributed by atoms with E-state index in [9.17, 15) is 4.39 Å². The molecule has 0 aliphatic carbocycles. The highest BCUT2D eigenvalue weighted by Gasteiger charge is 2.03. The van der Waals surface area contributed by atoms with Crippen molar-refractivity contribution in [2.24, 2.45) is 0 Å². The molecule has 1 radical (unpaired) electrons. The number of rotatable bonds is 1. The maximum atomic E-state index is 12.7. The summed E-state index contributed by atoms with van der Waals surface area (Å²) in [5.74, 6) is -0.237. The molecule has 0 atom stereocenters. The van der Waals surface area contributed by atoms with E-state index in [1.165, 1.54) is 12.1 Å². The van der Waals surface area contributed by atoms with Crippen LogP contribution in [0.15, 0.2) is 24.3 Å². The minimum atomic E-state index is -0.237. The zero-order valence-electron chi connectivity index (χ0n) is 8.08. The average molecular weight is 189 g/mol. The Hall–Kier alpha value is -1.64. The van der Waals surface area contributed by atoms with Gasteiger partial charge in [0.05, 0.1) is 11.4 Å². The molecule has 2 nitrogen and oxygen atoms in total. The van der Waals surface area contributed by atoms with Crippen LogP contribution in [0, 0.1) is 25.7 Å². The SMILES string of the molecule is Cc1[c]c(C)n(-c2ccc(F)cc2)n1. The molecule has 71 valence electrons. The van der Waals surface area contributed by atoms with Gasteiger partial charge in [0.1, 0.15) is 5.82 Å². The van der Waals surface area contributed by atoms with E-state index in [0.29, 0.717) is 0 Å². The first-order chi connectivity index (χ1) is 6.66. The second-order valence-electron chi connectivity index (χ2n) is 3.18. The molecular weight excluding hydrogens is 179 g/mol. The molecule has 14 heavy (non-hydrogen) atoms. The molecule has 0 amide bonds. The first kappa shape index (κ1) is 8.94. The number of aryl methyl sites for hydroxylation is 2. The van der Waals surface area contributed by atoms with Gasteiger partial charge in [0.15, 0.2) is 0 Å². The lowest BCUT2D eigenvalue weighted by Gasteiger charge is -2.02. The van der Waals surface area contributed by atoms with E-state index in [1.807, 2.05) is 13.8 Å². The van der Waals surface area contributed by atoms with Gasteiger partial charge in [0, 0.05) is 11.8 Å². The normalized spacial score (nSPS) is 10.5. The van der Waals surface area contributed by atoms with Crippen molar-refractivity contribution in [3.8, 4) is 5.69 Å². The Morgan fingerprint density at radius 3 is 2.36 bits per heavy atom. The largest absolute Gasteiger partial charge is 0.237 e. The zero-order valence-corrected chi connectivity index (χ0v) is 8.08. The van der Waals surface area contributed by atoms with Crippen molar-refractivity contribution in [3.05, 3.63) is 47.5 Å². The number of benzene rings is 1. The Bertz CT molecular complexity index is 443. The summed E-state index contributed by atoms with van der Waals surface area (Å²) in [5, 5.41) is 4.25. The van der Waals surface area contributed by atoms with Gasteiger partial charge in [-0.2, -0.15) is 5.10 Å². The first-order valence-corrected chi connectivity index (χ1v) is 4.38. The lowest BCUT2D eigenvalue weighted by molar-refractivity contribution is 0.627. The van der Waals surface area contributed by atoms with E-state index in [4.69, 9.17) is 0 Å². The van der Waals surface area contributed by atoms with Crippen LogP contribution in [0.2, 0.25) is 0 Å². The van der Waals surface area contributed by atoms with E-state index in [0.717, 1.165) is 17.1 Å². The molecule has 0 saturated carbocycles. The Balaban J connectivity index is 2.49. The topological polar surface area (TPSA) is 17.8 Å². The van der Waals surface area contributed by atoms with Gasteiger partial charge < -0.3 is 0 Å². The van der Waals surface area contributed by atoms with Crippen molar-refractivity contribution in [2.75, 3.05) is 0 Å². The molecule has 2 aromatic rings. The maximum Gasteiger partial charge on any atom is 0.123 e. The van der Waals surface area contributed by atoms with Crippen LogP contribution in [-0.2, 0) is 0 Å². The van der Waals surface area contributed by atoms with Crippen molar-refractivity contribution < 1.29 is 4.39 Å². The van der Waals surface area contributed by atoms with E-state index in [1.54, 1.807) is 16.8 Å². The second kappa shape index (κ2) is 3.25. The minimum absolute atomic E-state index is 0.237. The van der Waals surface area contributed by atoms with E-state index >= 15 is 0 Å². The molecule has 0 aliphatic rings. The highest BCUT2D eigenvalue weighted by molar-refractivity contribution is 5.32. The van der Waals surface area contributed by atoms with Crippen LogP contribution in [0.5, 0.6) is 0 Å². The van der Waals surface area contributed by atoms with Crippen molar-refractivity contribution in [1.29, 1.82) is 0 Å². The highest BCUT2D eigenvalue weighted by Crippen LogP contribution is 2.11. The summed E-state index contributed by atoms with van der Waals surface area (Å²) in [4.78, 5) is 0. The van der Waals surface area contributed by atoms with Gasteiger partial charge in [-0.05, 0) is 38.1 Å². The predicted octanol–water partition coefficient (Wildman–Crippen LogP) is 2.43. The number of hydrogen-bond donors (Lipinski definition) is 0. The maximum absolute atomic E-state index is 12.7. The molecule has 0 saturated heterocycles. The molecule has 0 spiro atoms. The lowest BCUT2D eigenvalue weighted by Crippen LogP contribution is -1.98. The van der Waals surface area contributed by atoms with Crippen molar-refractivity contribution in [3.63, 3.8) is 0 Å². The van der Waals surface area contributed by atoms with Gasteiger partial charge in [-0.3, -0.25) is 0 Å². The third kappa shape index (κ3) is 1.53. The monoisotopic (exact) mass is 189 g/mol. The van der Waals surface area contributed by atoms with Crippen molar-refractivity contribution >= 4 is 0 Å². The number of aromatic nitrogens is 2. The minimum Gasteiger partial charge on any atom is -0.237 e. The van der Waals surface area contributed by atoms with Crippen LogP contribution in [0.25, 0.3) is 5.69 Å². The van der Waals surface area contributed by atoms with Gasteiger partial charge in [-0.25, -0.2) is 9.07 Å². The summed E-state index contributed by atoms with van der Waals surface area (Å²) >= 11 is 0. The molecule has 1 heterocycles. The zero-order chi connectivity index (χ0) is 10.1. The fraction of sp³-hybridized carbons (Fsp3) is 0.182. The summed E-state index contributed by atoms with van der Waals surface area (Å²) in [6, 6.07) is 9.32. The van der Waals surface area contributed by atoms with Crippen molar-refractivity contribution in [1.82, 2.24) is 9.78 Å². The summed E-state index contributed by atoms with van der Waals surface area (Å²) in [6.45, 7) is 3.80. The van der Waals surface area contributed by atoms with Crippen LogP contribution in [0.3, 0.4) is 0 Å². The third-order valence-corrected chi connectivity index (χ3v) is 2.00. The number of halogens is 1. The summed E-state index contributed by atoms with van der Waals surface area (Å²) in [6.07, 6.45) is 0. The Labute approximate surface area is 82.0 Å². The van der Waals surface area contributed by atoms with Crippen LogP contribution in [-0.4, -0.2) is 9.78 Å². The van der Waals surface area contributed by atoms with E-state index < -0.39 is 0 Å². The van der Waals surface area contributed by atoms with Gasteiger partial charge in [0.25, 0.3) is 0 Å². The smallest absolute Gasteiger partial charge is 0.123 e. The Morgan fingerprint density at radius 1 is 1.21 bits per heavy atom. The molecule has 2 rings (SSSR count). The van der Waals surface area contributed by atoms with E-state index in [2.05, 4.69) is 11.2 Å². The van der Waals surface area contributed by atoms with Gasteiger partial charge in [0.2, 0.25) is 0 Å². The van der Waals surface area contributed by atoms with E-state index in [-0.39, 0.29) is 5.82 Å². The van der Waals surface area contributed by atoms with Crippen LogP contribution in [0.1, 0.15) is 11.4 Å². The molecular formula is C11H10FN2. The molecule has 0 fully saturated rings. The predicted molar refractivity (Wildman–Crippen MR) is 51.8 cm³/mol. The van der Waals surface area contributed by atoms with Gasteiger partial charge >= 0.3 is 0 Å². The van der Waals surface area contributed by atoms with Crippen molar-refractivity contribution in [2.45, 2.75) is 13.8 Å². The second-order valence-corrected chi connectivity index (χ2v) is 3.18. The summed E-state index contributed by atoms with van der Waals surface area (Å²) < 4.78 is 14.4. The Kier molecular flexibility index (Phi) is 2.08. The lowest BCUT2D eigenvalue weighted by atomic mass is 10.3. The fourth-order valence-corrected chi connectivity index (χ4v) is 1.40. The average Bonchev–Trinajstić information content (AvgIpc) is 2.47. The standard InChI is InChI=1S/C11H10FN2/c1-8-7-9(2)14(13-8)11-5-3-10(12)4-6-11/h3-6H,1-2H3. The number of hydrogen-bond acceptors (Lipinski definition) is 1. The Morgan fingerprint density at radius 2 is 1.86 bits per heavy atom. The van der Waals surface area contributed by atoms with Gasteiger partial charge in [-0.1, -0.05) is 0 Å². The quantitative estimate of drug-likeness (QED) is 0.673. The highest BCUT2D eigenvalue weighted by atomic mass is 19.1. The van der Waals surface area contributed by atoms with Crippen LogP contribution < -0.4 is 0 Å². The molecule has 0 N–H and O–H groups in total.